The molecule has 0 atom stereocenters. The Morgan fingerprint density at radius 1 is 1.46 bits per heavy atom. The molecule has 1 fully saturated rings. The fourth-order valence-corrected chi connectivity index (χ4v) is 2.21. The van der Waals surface area contributed by atoms with E-state index in [1.807, 2.05) is 11.8 Å². The second-order valence-corrected chi connectivity index (χ2v) is 4.23. The molecule has 13 heavy (non-hydrogen) atoms. The van der Waals surface area contributed by atoms with Crippen molar-refractivity contribution < 1.29 is 9.90 Å². The predicted octanol–water partition coefficient (Wildman–Crippen LogP) is 1.07. The summed E-state index contributed by atoms with van der Waals surface area (Å²) in [5, 5.41) is 8.39. The summed E-state index contributed by atoms with van der Waals surface area (Å²) in [5.74, 6) is 1.55. The van der Waals surface area contributed by atoms with Crippen molar-refractivity contribution in [1.29, 1.82) is 0 Å². The Kier molecular flexibility index (Phi) is 4.93. The van der Waals surface area contributed by atoms with Gasteiger partial charge in [0, 0.05) is 24.9 Å². The predicted molar refractivity (Wildman–Crippen MR) is 55.2 cm³/mol. The van der Waals surface area contributed by atoms with Gasteiger partial charge >= 0.3 is 5.97 Å². The molecule has 0 radical (unpaired) electrons. The average molecular weight is 201 g/mol. The second-order valence-electron chi connectivity index (χ2n) is 3.01. The van der Waals surface area contributed by atoms with E-state index in [1.54, 1.807) is 6.08 Å². The van der Waals surface area contributed by atoms with Crippen molar-refractivity contribution in [1.82, 2.24) is 4.90 Å². The SMILES string of the molecule is O=C(O)/C=C/CN1CCCSCC1. The Balaban J connectivity index is 2.22. The molecule has 1 heterocycles. The summed E-state index contributed by atoms with van der Waals surface area (Å²) in [6.45, 7) is 2.94. The zero-order chi connectivity index (χ0) is 9.52. The van der Waals surface area contributed by atoms with Crippen LogP contribution in [0.5, 0.6) is 0 Å². The van der Waals surface area contributed by atoms with Gasteiger partial charge in [0.15, 0.2) is 0 Å². The highest BCUT2D eigenvalue weighted by Crippen LogP contribution is 2.09. The Labute approximate surface area is 82.8 Å². The first-order valence-corrected chi connectivity index (χ1v) is 5.64. The van der Waals surface area contributed by atoms with E-state index in [4.69, 9.17) is 5.11 Å². The lowest BCUT2D eigenvalue weighted by Gasteiger charge is -2.16. The van der Waals surface area contributed by atoms with Crippen LogP contribution in [-0.2, 0) is 4.79 Å². The van der Waals surface area contributed by atoms with Gasteiger partial charge in [0.25, 0.3) is 0 Å². The van der Waals surface area contributed by atoms with Gasteiger partial charge in [-0.25, -0.2) is 4.79 Å². The molecule has 0 spiro atoms. The third kappa shape index (κ3) is 4.95. The van der Waals surface area contributed by atoms with Crippen LogP contribution in [0.4, 0.5) is 0 Å². The summed E-state index contributed by atoms with van der Waals surface area (Å²) in [7, 11) is 0. The van der Waals surface area contributed by atoms with Crippen LogP contribution < -0.4 is 0 Å². The van der Waals surface area contributed by atoms with Gasteiger partial charge in [0.2, 0.25) is 0 Å². The van der Waals surface area contributed by atoms with Crippen LogP contribution in [0, 0.1) is 0 Å². The summed E-state index contributed by atoms with van der Waals surface area (Å²) in [6, 6.07) is 0. The minimum Gasteiger partial charge on any atom is -0.478 e. The maximum absolute atomic E-state index is 10.2. The van der Waals surface area contributed by atoms with E-state index in [-0.39, 0.29) is 0 Å². The summed E-state index contributed by atoms with van der Waals surface area (Å²) in [6.07, 6.45) is 4.15. The number of hydrogen-bond acceptors (Lipinski definition) is 3. The molecular weight excluding hydrogens is 186 g/mol. The lowest BCUT2D eigenvalue weighted by molar-refractivity contribution is -0.131. The molecule has 3 nitrogen and oxygen atoms in total. The van der Waals surface area contributed by atoms with Crippen LogP contribution in [0.3, 0.4) is 0 Å². The fourth-order valence-electron chi connectivity index (χ4n) is 1.28. The maximum Gasteiger partial charge on any atom is 0.328 e. The third-order valence-corrected chi connectivity index (χ3v) is 2.99. The molecule has 0 aromatic carbocycles. The van der Waals surface area contributed by atoms with Crippen molar-refractivity contribution >= 4 is 17.7 Å². The quantitative estimate of drug-likeness (QED) is 0.693. The number of carboxylic acid groups (broad SMARTS) is 1. The van der Waals surface area contributed by atoms with E-state index >= 15 is 0 Å². The fraction of sp³-hybridized carbons (Fsp3) is 0.667. The Bertz CT molecular complexity index is 186. The number of hydrogen-bond donors (Lipinski definition) is 1. The highest BCUT2D eigenvalue weighted by atomic mass is 32.2. The minimum absolute atomic E-state index is 0.771. The van der Waals surface area contributed by atoms with Crippen LogP contribution in [-0.4, -0.2) is 47.1 Å². The van der Waals surface area contributed by atoms with Gasteiger partial charge in [-0.1, -0.05) is 6.08 Å². The maximum atomic E-state index is 10.2. The van der Waals surface area contributed by atoms with Gasteiger partial charge in [0.1, 0.15) is 0 Å². The molecule has 4 heteroatoms. The lowest BCUT2D eigenvalue weighted by Crippen LogP contribution is -2.26. The molecule has 0 unspecified atom stereocenters. The molecule has 1 N–H and O–H groups in total. The van der Waals surface area contributed by atoms with Crippen molar-refractivity contribution in [3.05, 3.63) is 12.2 Å². The number of rotatable bonds is 3. The van der Waals surface area contributed by atoms with Gasteiger partial charge in [-0.15, -0.1) is 0 Å². The molecule has 1 saturated heterocycles. The monoisotopic (exact) mass is 201 g/mol. The average Bonchev–Trinajstić information content (AvgIpc) is 2.32. The lowest BCUT2D eigenvalue weighted by atomic mass is 10.4. The zero-order valence-corrected chi connectivity index (χ0v) is 8.42. The molecule has 0 amide bonds. The van der Waals surface area contributed by atoms with Gasteiger partial charge in [0.05, 0.1) is 0 Å². The molecule has 0 aliphatic carbocycles. The standard InChI is InChI=1S/C9H15NO2S/c11-9(12)3-1-4-10-5-2-7-13-8-6-10/h1,3H,2,4-8H2,(H,11,12)/b3-1+. The van der Waals surface area contributed by atoms with Gasteiger partial charge < -0.3 is 5.11 Å². The smallest absolute Gasteiger partial charge is 0.328 e. The van der Waals surface area contributed by atoms with Gasteiger partial charge in [-0.3, -0.25) is 4.90 Å². The Morgan fingerprint density at radius 2 is 2.31 bits per heavy atom. The van der Waals surface area contributed by atoms with E-state index in [0.717, 1.165) is 19.6 Å². The number of carboxylic acids is 1. The first-order chi connectivity index (χ1) is 6.29. The van der Waals surface area contributed by atoms with Crippen molar-refractivity contribution in [2.45, 2.75) is 6.42 Å². The molecule has 1 rings (SSSR count). The third-order valence-electron chi connectivity index (χ3n) is 1.94. The molecule has 74 valence electrons. The first-order valence-electron chi connectivity index (χ1n) is 4.48. The molecule has 0 aromatic rings. The number of aliphatic carboxylic acids is 1. The van der Waals surface area contributed by atoms with Crippen LogP contribution in [0.2, 0.25) is 0 Å². The minimum atomic E-state index is -0.857. The largest absolute Gasteiger partial charge is 0.478 e. The van der Waals surface area contributed by atoms with Crippen LogP contribution in [0.1, 0.15) is 6.42 Å². The Morgan fingerprint density at radius 3 is 3.08 bits per heavy atom. The molecule has 0 aromatic heterocycles. The topological polar surface area (TPSA) is 40.5 Å². The molecular formula is C9H15NO2S. The summed E-state index contributed by atoms with van der Waals surface area (Å²) in [5.41, 5.74) is 0. The molecule has 0 saturated carbocycles. The normalized spacial score (nSPS) is 20.3. The van der Waals surface area contributed by atoms with E-state index in [1.165, 1.54) is 24.0 Å². The highest BCUT2D eigenvalue weighted by molar-refractivity contribution is 7.99. The summed E-state index contributed by atoms with van der Waals surface area (Å²) < 4.78 is 0. The summed E-state index contributed by atoms with van der Waals surface area (Å²) in [4.78, 5) is 12.5. The van der Waals surface area contributed by atoms with E-state index in [2.05, 4.69) is 4.90 Å². The molecule has 1 aliphatic rings. The molecule has 1 aliphatic heterocycles. The van der Waals surface area contributed by atoms with Crippen LogP contribution in [0.15, 0.2) is 12.2 Å². The summed E-state index contributed by atoms with van der Waals surface area (Å²) >= 11 is 1.98. The van der Waals surface area contributed by atoms with E-state index in [0.29, 0.717) is 0 Å². The van der Waals surface area contributed by atoms with Crippen LogP contribution >= 0.6 is 11.8 Å². The van der Waals surface area contributed by atoms with Crippen molar-refractivity contribution in [2.75, 3.05) is 31.1 Å². The zero-order valence-electron chi connectivity index (χ0n) is 7.61. The first kappa shape index (κ1) is 10.6. The number of thioether (sulfide) groups is 1. The van der Waals surface area contributed by atoms with Crippen molar-refractivity contribution in [2.24, 2.45) is 0 Å². The number of carbonyl (C=O) groups is 1. The Hall–Kier alpha value is -0.480. The van der Waals surface area contributed by atoms with Gasteiger partial charge in [-0.05, 0) is 18.7 Å². The van der Waals surface area contributed by atoms with Crippen molar-refractivity contribution in [3.63, 3.8) is 0 Å². The van der Waals surface area contributed by atoms with Gasteiger partial charge in [-0.2, -0.15) is 11.8 Å². The molecule has 0 bridgehead atoms. The number of nitrogens with zero attached hydrogens (tertiary/aromatic N) is 1. The van der Waals surface area contributed by atoms with Crippen LogP contribution in [0.25, 0.3) is 0 Å². The second kappa shape index (κ2) is 6.05. The highest BCUT2D eigenvalue weighted by Gasteiger charge is 2.06. The van der Waals surface area contributed by atoms with E-state index in [9.17, 15) is 4.79 Å². The van der Waals surface area contributed by atoms with E-state index < -0.39 is 5.97 Å². The van der Waals surface area contributed by atoms with Crippen molar-refractivity contribution in [3.8, 4) is 0 Å².